The van der Waals surface area contributed by atoms with Gasteiger partial charge in [-0.1, -0.05) is 346 Å². The van der Waals surface area contributed by atoms with Crippen LogP contribution in [0.2, 0.25) is 0 Å². The summed E-state index contributed by atoms with van der Waals surface area (Å²) in [5.41, 5.74) is 21.0. The van der Waals surface area contributed by atoms with Gasteiger partial charge in [-0.3, -0.25) is 0 Å². The van der Waals surface area contributed by atoms with Gasteiger partial charge in [0.1, 0.15) is 33.8 Å². The van der Waals surface area contributed by atoms with E-state index in [2.05, 4.69) is 211 Å². The fourth-order valence-electron chi connectivity index (χ4n) is 21.3. The van der Waals surface area contributed by atoms with Crippen molar-refractivity contribution in [2.24, 2.45) is 0 Å². The van der Waals surface area contributed by atoms with Crippen molar-refractivity contribution in [1.29, 1.82) is 0 Å². The van der Waals surface area contributed by atoms with E-state index in [-0.39, 0.29) is 91.0 Å². The molecule has 4 aromatic heterocycles. The summed E-state index contributed by atoms with van der Waals surface area (Å²) in [6.07, 6.45) is 0. The highest BCUT2D eigenvalue weighted by Crippen LogP contribution is 2.59. The van der Waals surface area contributed by atoms with E-state index in [1.54, 1.807) is 57.7 Å². The molecule has 632 valence electrons. The molecule has 0 radical (unpaired) electrons. The Hall–Kier alpha value is -16.2. The Morgan fingerprint density at radius 3 is 1.14 bits per heavy atom. The summed E-state index contributed by atoms with van der Waals surface area (Å²) < 4.78 is 168. The second-order valence-corrected chi connectivity index (χ2v) is 37.9. The van der Waals surface area contributed by atoms with Crippen LogP contribution in [0.25, 0.3) is 177 Å². The van der Waals surface area contributed by atoms with Gasteiger partial charge in [0, 0.05) is 105 Å². The number of rotatable bonds is 11. The van der Waals surface area contributed by atoms with Gasteiger partial charge < -0.3 is 32.5 Å². The molecule has 0 amide bonds. The van der Waals surface area contributed by atoms with E-state index in [4.69, 9.17) is 13.6 Å². The molecule has 3 aliphatic rings. The molecule has 7 heterocycles. The first kappa shape index (κ1) is 64.6. The third-order valence-electron chi connectivity index (χ3n) is 27.7. The van der Waals surface area contributed by atoms with Crippen LogP contribution in [0.1, 0.15) is 96.8 Å². The third-order valence-corrected chi connectivity index (χ3v) is 27.7. The number of para-hydroxylation sites is 5. The fraction of sp³-hybridized carbons (Fsp3) is 0.0880. The summed E-state index contributed by atoms with van der Waals surface area (Å²) in [5, 5.41) is 3.22. The summed E-state index contributed by atoms with van der Waals surface area (Å²) in [6, 6.07) is 103. The molecule has 133 heavy (non-hydrogen) atoms. The van der Waals surface area contributed by atoms with Crippen LogP contribution >= 0.6 is 0 Å². The van der Waals surface area contributed by atoms with Crippen molar-refractivity contribution in [3.8, 4) is 101 Å². The standard InChI is InChI=1S/C125H91BN4O3/c1-123(2,3)100-74-94(82-53-49-80(50-54-82)76-31-13-9-14-32-76)119(116-92-41-23-28-46-112(92)132-121(100)116)129-108-72-88(127-104-44-26-21-39-90(104)96-67-84(57-64-106(96)127)78-35-17-11-18-36-78)60-62-102(108)126-103-63-61-89(128-105-45-27-22-40-91(105)97-68-85(58-65-107(97)128)79-37-19-12-20-38-79)73-109(103)130(111-71-87(70-110(129)118(111)126)86-59-66-115-99(69-86)125(7,8)98-43-25-30-48-114(98)131-115)120-95(83-55-51-81(52-56-83)77-33-15-10-16-34-77)75-101(124(4,5)6)122-117(120)93-42-24-29-47-113(93)133-122/h9-75H,1-8H3/i21D,22D,26D,27D,39D,40D,44D,45D,57D,58D,64D,65D,67D,68D. The smallest absolute Gasteiger partial charge is 0.252 e. The maximum atomic E-state index is 10.6. The van der Waals surface area contributed by atoms with Crippen LogP contribution in [0.4, 0.5) is 34.1 Å². The Kier molecular flexibility index (Phi) is 14.3. The maximum absolute atomic E-state index is 10.6. The fourth-order valence-corrected chi connectivity index (χ4v) is 21.3. The molecule has 0 aliphatic carbocycles. The van der Waals surface area contributed by atoms with Gasteiger partial charge in [0.15, 0.2) is 0 Å². The van der Waals surface area contributed by atoms with E-state index in [0.717, 1.165) is 111 Å². The van der Waals surface area contributed by atoms with Crippen LogP contribution in [-0.2, 0) is 16.2 Å². The van der Waals surface area contributed by atoms with Crippen LogP contribution in [0, 0.1) is 0 Å². The molecule has 0 saturated heterocycles. The Morgan fingerprint density at radius 1 is 0.301 bits per heavy atom. The van der Waals surface area contributed by atoms with Crippen LogP contribution in [0.15, 0.2) is 415 Å². The number of hydrogen-bond donors (Lipinski definition) is 0. The lowest BCUT2D eigenvalue weighted by Gasteiger charge is -2.46. The van der Waals surface area contributed by atoms with E-state index >= 15 is 0 Å². The number of furan rings is 2. The van der Waals surface area contributed by atoms with Gasteiger partial charge in [0.05, 0.1) is 63.4 Å². The largest absolute Gasteiger partial charge is 0.457 e. The molecule has 19 aromatic carbocycles. The average Bonchev–Trinajstić information content (AvgIpc) is 1.64. The molecule has 7 nitrogen and oxygen atoms in total. The number of fused-ring (bicyclic) bond motifs is 18. The third kappa shape index (κ3) is 12.1. The summed E-state index contributed by atoms with van der Waals surface area (Å²) in [4.78, 5) is 4.74. The van der Waals surface area contributed by atoms with Crippen molar-refractivity contribution in [3.63, 3.8) is 0 Å². The minimum Gasteiger partial charge on any atom is -0.457 e. The van der Waals surface area contributed by atoms with Gasteiger partial charge in [0.25, 0.3) is 6.71 Å². The van der Waals surface area contributed by atoms with Crippen molar-refractivity contribution in [2.75, 3.05) is 9.80 Å². The van der Waals surface area contributed by atoms with Gasteiger partial charge in [-0.25, -0.2) is 0 Å². The van der Waals surface area contributed by atoms with Crippen molar-refractivity contribution in [1.82, 2.24) is 9.13 Å². The lowest BCUT2D eigenvalue weighted by Crippen LogP contribution is -2.61. The SMILES string of the molecule is [2H]c1c([2H])c([2H])c2c(c1[2H])c1c([2H])c(-c3ccccc3)c([2H])c([2H])c1n2-c1ccc2c(c1)N(c1c(-c3ccc(-c4ccccc4)cc3)cc(C(C)(C)C)c3oc4ccccc4c13)c1cc(-c3ccc4c(c3)C(C)(C)c3ccccc3O4)cc3c1B2c1ccc(-n2c4c([2H])c([2H])c([2H])c([2H])c4c4c([2H])c(-c5ccccc5)c([2H])c([2H])c42)cc1N3c1c(-c2ccc(-c3ccccc3)cc2)cc(C(C)(C)C)c2oc3ccccc3c12. The summed E-state index contributed by atoms with van der Waals surface area (Å²) in [5.74, 6) is 1.42. The first-order valence-corrected chi connectivity index (χ1v) is 45.3. The van der Waals surface area contributed by atoms with E-state index < -0.39 is 71.3 Å². The number of anilines is 6. The summed E-state index contributed by atoms with van der Waals surface area (Å²) >= 11 is 0. The number of aromatic nitrogens is 2. The van der Waals surface area contributed by atoms with E-state index in [9.17, 15) is 19.2 Å². The molecule has 0 fully saturated rings. The lowest BCUT2D eigenvalue weighted by atomic mass is 9.33. The average molecular weight is 1720 g/mol. The Morgan fingerprint density at radius 2 is 0.684 bits per heavy atom. The molecule has 23 aromatic rings. The highest BCUT2D eigenvalue weighted by atomic mass is 16.5. The normalized spacial score (nSPS) is 14.8. The molecule has 0 atom stereocenters. The second-order valence-electron chi connectivity index (χ2n) is 37.9. The summed E-state index contributed by atoms with van der Waals surface area (Å²) in [6.45, 7) is 16.8. The molecule has 8 heteroatoms. The Labute approximate surface area is 792 Å². The predicted octanol–water partition coefficient (Wildman–Crippen LogP) is 32.5. The Bertz CT molecular complexity index is 9190. The maximum Gasteiger partial charge on any atom is 0.252 e. The number of hydrogen-bond acceptors (Lipinski definition) is 5. The Balaban J connectivity index is 0.881. The van der Waals surface area contributed by atoms with Gasteiger partial charge in [-0.15, -0.1) is 0 Å². The molecule has 0 bridgehead atoms. The number of ether oxygens (including phenoxy) is 1. The van der Waals surface area contributed by atoms with Gasteiger partial charge >= 0.3 is 0 Å². The molecule has 0 saturated carbocycles. The molecule has 0 N–H and O–H groups in total. The van der Waals surface area contributed by atoms with Crippen molar-refractivity contribution < 1.29 is 32.8 Å². The molecule has 26 rings (SSSR count). The zero-order valence-corrected chi connectivity index (χ0v) is 74.2. The highest BCUT2D eigenvalue weighted by molar-refractivity contribution is 7.00. The highest BCUT2D eigenvalue weighted by Gasteiger charge is 2.48. The second kappa shape index (κ2) is 29.4. The molecule has 0 spiro atoms. The van der Waals surface area contributed by atoms with Crippen molar-refractivity contribution >= 4 is 145 Å². The zero-order valence-electron chi connectivity index (χ0n) is 88.2. The topological polar surface area (TPSA) is 51.9 Å². The summed E-state index contributed by atoms with van der Waals surface area (Å²) in [7, 11) is 0. The van der Waals surface area contributed by atoms with Crippen LogP contribution in [-0.4, -0.2) is 15.8 Å². The number of nitrogens with zero attached hydrogens (tertiary/aromatic N) is 4. The quantitative estimate of drug-likeness (QED) is 0.121. The lowest BCUT2D eigenvalue weighted by molar-refractivity contribution is 0.418. The van der Waals surface area contributed by atoms with E-state index in [0.29, 0.717) is 95.6 Å². The van der Waals surface area contributed by atoms with E-state index in [1.165, 1.54) is 0 Å². The molecule has 0 unspecified atom stereocenters. The molecular weight excluding hydrogens is 1620 g/mol. The number of benzene rings is 19. The van der Waals surface area contributed by atoms with Gasteiger partial charge in [0.2, 0.25) is 0 Å². The first-order valence-electron chi connectivity index (χ1n) is 52.3. The molecular formula is C125H91BN4O3. The minimum absolute atomic E-state index is 0.00173. The zero-order chi connectivity index (χ0) is 101. The van der Waals surface area contributed by atoms with Crippen LogP contribution in [0.3, 0.4) is 0 Å². The van der Waals surface area contributed by atoms with Crippen molar-refractivity contribution in [2.45, 2.75) is 71.6 Å². The first-order chi connectivity index (χ1) is 70.8. The minimum atomic E-state index is -0.888. The van der Waals surface area contributed by atoms with Crippen LogP contribution in [0.5, 0.6) is 11.5 Å². The van der Waals surface area contributed by atoms with Gasteiger partial charge in [-0.2, -0.15) is 0 Å². The molecule has 3 aliphatic heterocycles. The predicted molar refractivity (Wildman–Crippen MR) is 558 cm³/mol. The van der Waals surface area contributed by atoms with Crippen molar-refractivity contribution in [3.05, 3.63) is 428 Å². The van der Waals surface area contributed by atoms with E-state index in [1.807, 2.05) is 127 Å². The monoisotopic (exact) mass is 1720 g/mol. The van der Waals surface area contributed by atoms with Crippen LogP contribution < -0.4 is 30.9 Å². The van der Waals surface area contributed by atoms with Gasteiger partial charge in [-0.05, 0) is 209 Å².